The second-order valence-electron chi connectivity index (χ2n) is 19.8. The summed E-state index contributed by atoms with van der Waals surface area (Å²) in [7, 11) is 1.82. The quantitative estimate of drug-likeness (QED) is 0.168. The molecule has 1 aromatic heterocycles. The summed E-state index contributed by atoms with van der Waals surface area (Å²) >= 11 is 0. The van der Waals surface area contributed by atoms with Gasteiger partial charge in [0.05, 0.1) is 24.0 Å². The molecule has 0 unspecified atom stereocenters. The lowest BCUT2D eigenvalue weighted by Crippen LogP contribution is -2.63. The molecule has 5 N–H and O–H groups in total. The molecular weight excluding hydrogens is 825 g/mol. The summed E-state index contributed by atoms with van der Waals surface area (Å²) in [6, 6.07) is 15.1. The topological polar surface area (TPSA) is 187 Å². The molecule has 5 aliphatic rings. The molecule has 16 heteroatoms. The number of para-hydroxylation sites is 1. The van der Waals surface area contributed by atoms with Gasteiger partial charge in [0, 0.05) is 102 Å². The number of hydrogen-bond acceptors (Lipinski definition) is 12. The minimum atomic E-state index is -0.858. The van der Waals surface area contributed by atoms with Crippen LogP contribution in [0.4, 0.5) is 11.5 Å². The highest BCUT2D eigenvalue weighted by atomic mass is 16.3. The number of phenolic OH excluding ortho intramolecular Hbond substituents is 1. The number of likely N-dealkylation sites (tertiary alicyclic amines) is 1. The van der Waals surface area contributed by atoms with Gasteiger partial charge < -0.3 is 40.9 Å². The lowest BCUT2D eigenvalue weighted by atomic mass is 9.49. The smallest absolute Gasteiger partial charge is 0.246 e. The predicted molar refractivity (Wildman–Crippen MR) is 247 cm³/mol. The minimum Gasteiger partial charge on any atom is -0.507 e. The number of benzene rings is 2. The Morgan fingerprint density at radius 2 is 1.60 bits per heavy atom. The average molecular weight is 889 g/mol. The Morgan fingerprint density at radius 3 is 2.25 bits per heavy atom. The Balaban J connectivity index is 0.759. The number of nitrogens with one attached hydrogen (secondary N) is 3. The van der Waals surface area contributed by atoms with Crippen molar-refractivity contribution in [2.45, 2.75) is 83.6 Å². The molecule has 2 aromatic carbocycles. The Labute approximate surface area is 382 Å². The molecule has 65 heavy (non-hydrogen) atoms. The van der Waals surface area contributed by atoms with Crippen LogP contribution in [0.2, 0.25) is 0 Å². The van der Waals surface area contributed by atoms with E-state index in [0.717, 1.165) is 81.8 Å². The second kappa shape index (κ2) is 19.0. The van der Waals surface area contributed by atoms with Crippen molar-refractivity contribution in [1.29, 1.82) is 0 Å². The summed E-state index contributed by atoms with van der Waals surface area (Å²) in [5.41, 5.74) is 3.27. The molecule has 4 heterocycles. The molecule has 16 nitrogen and oxygen atoms in total. The van der Waals surface area contributed by atoms with Crippen molar-refractivity contribution in [3.05, 3.63) is 65.7 Å². The Bertz CT molecular complexity index is 2260. The number of carbonyl (C=O) groups is 4. The molecule has 3 aliphatic heterocycles. The maximum Gasteiger partial charge on any atom is 0.246 e. The Morgan fingerprint density at radius 1 is 0.908 bits per heavy atom. The van der Waals surface area contributed by atoms with E-state index in [-0.39, 0.29) is 60.2 Å². The number of carbonyl (C=O) groups excluding carboxylic acids is 4. The summed E-state index contributed by atoms with van der Waals surface area (Å²) in [6.45, 7) is 12.4. The number of nitrogens with zero attached hydrogens (tertiary/aromatic N) is 7. The van der Waals surface area contributed by atoms with Crippen molar-refractivity contribution >= 4 is 35.1 Å². The van der Waals surface area contributed by atoms with Gasteiger partial charge in [-0.05, 0) is 72.4 Å². The first-order chi connectivity index (χ1) is 31.1. The number of aromatic nitrogens is 2. The van der Waals surface area contributed by atoms with Crippen LogP contribution >= 0.6 is 0 Å². The van der Waals surface area contributed by atoms with Crippen molar-refractivity contribution in [2.24, 2.45) is 16.7 Å². The van der Waals surface area contributed by atoms with Crippen LogP contribution in [-0.4, -0.2) is 160 Å². The monoisotopic (exact) mass is 889 g/mol. The van der Waals surface area contributed by atoms with E-state index < -0.39 is 23.6 Å². The first-order valence-electron chi connectivity index (χ1n) is 23.1. The van der Waals surface area contributed by atoms with Crippen molar-refractivity contribution in [3.8, 4) is 29.4 Å². The third-order valence-corrected chi connectivity index (χ3v) is 14.4. The molecule has 8 rings (SSSR count). The van der Waals surface area contributed by atoms with Gasteiger partial charge in [-0.2, -0.15) is 0 Å². The number of hydrogen-bond donors (Lipinski definition) is 5. The van der Waals surface area contributed by atoms with Crippen molar-refractivity contribution in [3.63, 3.8) is 0 Å². The van der Waals surface area contributed by atoms with E-state index in [1.54, 1.807) is 24.3 Å². The highest BCUT2D eigenvalue weighted by molar-refractivity contribution is 5.93. The van der Waals surface area contributed by atoms with Crippen LogP contribution in [0.15, 0.2) is 54.6 Å². The summed E-state index contributed by atoms with van der Waals surface area (Å²) in [6.07, 6.45) is 8.38. The van der Waals surface area contributed by atoms with E-state index >= 15 is 0 Å². The Hall–Kier alpha value is -5.76. The number of aliphatic hydroxyl groups excluding tert-OH is 1. The first kappa shape index (κ1) is 45.8. The van der Waals surface area contributed by atoms with Gasteiger partial charge in [0.2, 0.25) is 23.6 Å². The van der Waals surface area contributed by atoms with Gasteiger partial charge in [-0.3, -0.25) is 29.0 Å². The zero-order chi connectivity index (χ0) is 46.0. The van der Waals surface area contributed by atoms with Crippen LogP contribution in [0.25, 0.3) is 11.3 Å². The molecular formula is C49H64N10O6. The van der Waals surface area contributed by atoms with E-state index in [1.807, 2.05) is 63.1 Å². The van der Waals surface area contributed by atoms with Crippen LogP contribution in [0, 0.1) is 29.1 Å². The number of phenols is 1. The first-order valence-corrected chi connectivity index (χ1v) is 23.1. The molecule has 2 aliphatic carbocycles. The highest BCUT2D eigenvalue weighted by Crippen LogP contribution is 2.60. The number of piperazine rings is 2. The summed E-state index contributed by atoms with van der Waals surface area (Å²) in [4.78, 5) is 65.1. The van der Waals surface area contributed by atoms with Gasteiger partial charge in [0.15, 0.2) is 5.82 Å². The number of anilines is 2. The average Bonchev–Trinajstić information content (AvgIpc) is 3.68. The predicted octanol–water partition coefficient (Wildman–Crippen LogP) is 2.51. The van der Waals surface area contributed by atoms with E-state index in [4.69, 9.17) is 6.42 Å². The zero-order valence-electron chi connectivity index (χ0n) is 38.1. The molecule has 4 amide bonds. The molecule has 0 bridgehead atoms. The zero-order valence-corrected chi connectivity index (χ0v) is 38.1. The van der Waals surface area contributed by atoms with Gasteiger partial charge in [-0.25, -0.2) is 0 Å². The fourth-order valence-corrected chi connectivity index (χ4v) is 10.5. The fourth-order valence-electron chi connectivity index (χ4n) is 10.5. The number of aliphatic hydroxyl groups is 1. The molecule has 3 atom stereocenters. The standard InChI is InChI=1S/C49H64N10O6/c1-6-32-11-13-33(14-12-32)29-51-46(64)40-23-36(60)30-59(40)47(65)43(48(2,3)4)52-45(63)34-25-49(26-34)27-35(28-49)56-19-21-58(22-20-56)42(62)31-55-15-17-57(18-16-55)39-24-38(53-54-44(39)50-5)37-9-7-8-10-41(37)61/h1,7-14,24,34-36,40,43,60-61H,15-23,25-31H2,2-5H3,(H,50,54)(H,51,64)(H,52,63)/t34?,35?,36-,40+,43-,49?/m1/s1. The third-order valence-electron chi connectivity index (χ3n) is 14.4. The van der Waals surface area contributed by atoms with E-state index in [2.05, 4.69) is 46.8 Å². The molecule has 2 saturated carbocycles. The van der Waals surface area contributed by atoms with Crippen LogP contribution < -0.4 is 20.9 Å². The maximum atomic E-state index is 14.1. The fraction of sp³-hybridized carbons (Fsp3) is 0.551. The number of amides is 4. The van der Waals surface area contributed by atoms with Crippen LogP contribution in [0.3, 0.4) is 0 Å². The number of terminal acetylenes is 1. The van der Waals surface area contributed by atoms with Crippen molar-refractivity contribution < 1.29 is 29.4 Å². The van der Waals surface area contributed by atoms with E-state index in [1.165, 1.54) is 4.90 Å². The minimum absolute atomic E-state index is 0.0267. The number of aromatic hydroxyl groups is 1. The lowest BCUT2D eigenvalue weighted by molar-refractivity contribution is -0.151. The SMILES string of the molecule is C#Cc1ccc(CNC(=O)[C@@H]2C[C@@H](O)CN2C(=O)[C@@H](NC(=O)C2CC3(C2)CC(N2CCN(C(=O)CN4CCN(c5cc(-c6ccccc6O)nnc5NC)CC4)CC2)C3)C(C)(C)C)cc1. The molecule has 5 fully saturated rings. The summed E-state index contributed by atoms with van der Waals surface area (Å²) in [5.74, 6) is 2.55. The van der Waals surface area contributed by atoms with Gasteiger partial charge in [0.25, 0.3) is 0 Å². The van der Waals surface area contributed by atoms with Gasteiger partial charge in [-0.15, -0.1) is 16.6 Å². The highest BCUT2D eigenvalue weighted by Gasteiger charge is 2.57. The third kappa shape index (κ3) is 10.1. The van der Waals surface area contributed by atoms with Gasteiger partial charge in [0.1, 0.15) is 17.8 Å². The lowest BCUT2D eigenvalue weighted by Gasteiger charge is -2.60. The van der Waals surface area contributed by atoms with E-state index in [9.17, 15) is 29.4 Å². The van der Waals surface area contributed by atoms with Crippen LogP contribution in [0.5, 0.6) is 5.75 Å². The summed E-state index contributed by atoms with van der Waals surface area (Å²) in [5, 5.41) is 38.8. The normalized spacial score (nSPS) is 25.3. The van der Waals surface area contributed by atoms with Crippen LogP contribution in [0.1, 0.15) is 64.0 Å². The van der Waals surface area contributed by atoms with Crippen molar-refractivity contribution in [1.82, 2.24) is 40.4 Å². The van der Waals surface area contributed by atoms with Gasteiger partial charge >= 0.3 is 0 Å². The molecule has 1 spiro atoms. The van der Waals surface area contributed by atoms with Gasteiger partial charge in [-0.1, -0.05) is 51.0 Å². The largest absolute Gasteiger partial charge is 0.507 e. The number of β-amino-alcohol motifs (C(OH)–C–C–N with tert-alkyl or cyclic N) is 1. The summed E-state index contributed by atoms with van der Waals surface area (Å²) < 4.78 is 0. The molecule has 3 saturated heterocycles. The number of rotatable bonds is 12. The molecule has 346 valence electrons. The Kier molecular flexibility index (Phi) is 13.4. The van der Waals surface area contributed by atoms with Crippen LogP contribution in [-0.2, 0) is 25.7 Å². The van der Waals surface area contributed by atoms with Crippen molar-refractivity contribution in [2.75, 3.05) is 82.7 Å². The van der Waals surface area contributed by atoms with E-state index in [0.29, 0.717) is 42.8 Å². The maximum absolute atomic E-state index is 14.1. The molecule has 3 aromatic rings. The second-order valence-corrected chi connectivity index (χ2v) is 19.8. The molecule has 0 radical (unpaired) electrons.